The van der Waals surface area contributed by atoms with Crippen LogP contribution in [0.1, 0.15) is 15.9 Å². The molecule has 1 saturated heterocycles. The summed E-state index contributed by atoms with van der Waals surface area (Å²) in [6.45, 7) is 4.53. The Hall–Kier alpha value is -3.23. The topological polar surface area (TPSA) is 62.1 Å². The van der Waals surface area contributed by atoms with Gasteiger partial charge in [-0.25, -0.2) is 4.39 Å². The number of hydrogen-bond acceptors (Lipinski definition) is 6. The van der Waals surface area contributed by atoms with Gasteiger partial charge >= 0.3 is 0 Å². The van der Waals surface area contributed by atoms with Gasteiger partial charge in [0.15, 0.2) is 0 Å². The number of nitrogens with zero attached hydrogens (tertiary/aromatic N) is 4. The van der Waals surface area contributed by atoms with E-state index in [4.69, 9.17) is 9.26 Å². The predicted octanol–water partition coefficient (Wildman–Crippen LogP) is 3.52. The fraction of sp³-hybridized carbons (Fsp3) is 0.360. The third-order valence-corrected chi connectivity index (χ3v) is 5.90. The number of carbonyl (C=O) groups is 1. The van der Waals surface area contributed by atoms with E-state index in [-0.39, 0.29) is 11.7 Å². The second-order valence-electron chi connectivity index (χ2n) is 8.20. The van der Waals surface area contributed by atoms with Crippen molar-refractivity contribution in [1.82, 2.24) is 15.0 Å². The minimum atomic E-state index is -0.377. The van der Waals surface area contributed by atoms with E-state index in [0.29, 0.717) is 31.1 Å². The Morgan fingerprint density at radius 1 is 1.09 bits per heavy atom. The van der Waals surface area contributed by atoms with Crippen LogP contribution in [0.25, 0.3) is 11.3 Å². The summed E-state index contributed by atoms with van der Waals surface area (Å²) < 4.78 is 24.5. The second kappa shape index (κ2) is 10.6. The fourth-order valence-electron chi connectivity index (χ4n) is 3.94. The van der Waals surface area contributed by atoms with Crippen LogP contribution in [-0.4, -0.2) is 74.4 Å². The molecule has 1 amide bonds. The van der Waals surface area contributed by atoms with E-state index in [9.17, 15) is 9.18 Å². The van der Waals surface area contributed by atoms with Gasteiger partial charge in [0.25, 0.3) is 5.91 Å². The summed E-state index contributed by atoms with van der Waals surface area (Å²) in [7, 11) is 3.70. The number of rotatable bonds is 8. The molecule has 0 saturated carbocycles. The number of anilines is 1. The van der Waals surface area contributed by atoms with Crippen LogP contribution in [0.15, 0.2) is 59.1 Å². The molecule has 0 N–H and O–H groups in total. The highest BCUT2D eigenvalue weighted by atomic mass is 19.1. The maximum absolute atomic E-state index is 13.4. The van der Waals surface area contributed by atoms with Gasteiger partial charge in [-0.1, -0.05) is 35.5 Å². The zero-order chi connectivity index (χ0) is 23.2. The molecule has 1 aromatic heterocycles. The van der Waals surface area contributed by atoms with E-state index in [1.165, 1.54) is 24.3 Å². The number of ether oxygens (including phenoxy) is 1. The van der Waals surface area contributed by atoms with Gasteiger partial charge in [-0.2, -0.15) is 0 Å². The number of amides is 1. The van der Waals surface area contributed by atoms with Gasteiger partial charge in [0.1, 0.15) is 11.5 Å². The SMILES string of the molecule is COCCN(Cc1c(-c2ccccc2)noc1N1CCN(C)CC1)C(=O)c1ccc(F)cc1. The van der Waals surface area contributed by atoms with Gasteiger partial charge in [0.05, 0.1) is 18.7 Å². The number of benzene rings is 2. The summed E-state index contributed by atoms with van der Waals surface area (Å²) in [6, 6.07) is 15.4. The summed E-state index contributed by atoms with van der Waals surface area (Å²) in [6.07, 6.45) is 0. The van der Waals surface area contributed by atoms with Crippen LogP contribution in [0.5, 0.6) is 0 Å². The van der Waals surface area contributed by atoms with Crippen molar-refractivity contribution in [3.8, 4) is 11.3 Å². The summed E-state index contributed by atoms with van der Waals surface area (Å²) in [5.41, 5.74) is 2.93. The predicted molar refractivity (Wildman–Crippen MR) is 125 cm³/mol. The molecule has 2 aromatic carbocycles. The van der Waals surface area contributed by atoms with E-state index < -0.39 is 0 Å². The first kappa shape index (κ1) is 22.9. The van der Waals surface area contributed by atoms with Crippen LogP contribution in [0.2, 0.25) is 0 Å². The van der Waals surface area contributed by atoms with Gasteiger partial charge in [0, 0.05) is 51.0 Å². The minimum Gasteiger partial charge on any atom is -0.383 e. The Balaban J connectivity index is 1.69. The summed E-state index contributed by atoms with van der Waals surface area (Å²) in [4.78, 5) is 19.5. The van der Waals surface area contributed by atoms with E-state index in [0.717, 1.165) is 43.0 Å². The molecular weight excluding hydrogens is 423 g/mol. The first-order chi connectivity index (χ1) is 16.1. The van der Waals surface area contributed by atoms with Crippen LogP contribution in [0.4, 0.5) is 10.3 Å². The van der Waals surface area contributed by atoms with Crippen molar-refractivity contribution >= 4 is 11.8 Å². The normalized spacial score (nSPS) is 14.5. The highest BCUT2D eigenvalue weighted by Crippen LogP contribution is 2.33. The standard InChI is InChI=1S/C25H29FN4O3/c1-28-12-14-29(15-13-28)25-22(23(27-33-25)19-6-4-3-5-7-19)18-30(16-17-32-2)24(31)20-8-10-21(26)11-9-20/h3-11H,12-18H2,1-2H3. The van der Waals surface area contributed by atoms with Crippen LogP contribution >= 0.6 is 0 Å². The minimum absolute atomic E-state index is 0.198. The van der Waals surface area contributed by atoms with Crippen molar-refractivity contribution in [3.63, 3.8) is 0 Å². The molecule has 1 aliphatic heterocycles. The Labute approximate surface area is 193 Å². The van der Waals surface area contributed by atoms with Gasteiger partial charge in [-0.15, -0.1) is 0 Å². The smallest absolute Gasteiger partial charge is 0.254 e. The first-order valence-corrected chi connectivity index (χ1v) is 11.1. The summed E-state index contributed by atoms with van der Waals surface area (Å²) in [5, 5.41) is 4.41. The number of halogens is 1. The molecule has 0 unspecified atom stereocenters. The van der Waals surface area contributed by atoms with Gasteiger partial charge < -0.3 is 24.0 Å². The molecule has 0 atom stereocenters. The second-order valence-corrected chi connectivity index (χ2v) is 8.20. The Kier molecular flexibility index (Phi) is 7.36. The van der Waals surface area contributed by atoms with Gasteiger partial charge in [-0.05, 0) is 31.3 Å². The fourth-order valence-corrected chi connectivity index (χ4v) is 3.94. The Morgan fingerprint density at radius 2 is 1.79 bits per heavy atom. The Bertz CT molecular complexity index is 1050. The lowest BCUT2D eigenvalue weighted by Gasteiger charge is -2.33. The molecule has 0 bridgehead atoms. The molecule has 4 rings (SSSR count). The van der Waals surface area contributed by atoms with Gasteiger partial charge in [0.2, 0.25) is 5.88 Å². The van der Waals surface area contributed by atoms with Crippen molar-refractivity contribution in [3.05, 3.63) is 71.5 Å². The number of carbonyl (C=O) groups excluding carboxylic acids is 1. The molecule has 1 fully saturated rings. The molecule has 0 radical (unpaired) electrons. The lowest BCUT2D eigenvalue weighted by atomic mass is 10.1. The van der Waals surface area contributed by atoms with Gasteiger partial charge in [-0.3, -0.25) is 4.79 Å². The van der Waals surface area contributed by atoms with E-state index >= 15 is 0 Å². The highest BCUT2D eigenvalue weighted by molar-refractivity contribution is 5.94. The quantitative estimate of drug-likeness (QED) is 0.521. The third kappa shape index (κ3) is 5.40. The largest absolute Gasteiger partial charge is 0.383 e. The average molecular weight is 453 g/mol. The molecule has 174 valence electrons. The van der Waals surface area contributed by atoms with Crippen molar-refractivity contribution in [2.45, 2.75) is 6.54 Å². The Morgan fingerprint density at radius 3 is 2.45 bits per heavy atom. The van der Waals surface area contributed by atoms with Crippen LogP contribution < -0.4 is 4.90 Å². The molecule has 3 aromatic rings. The molecule has 8 heteroatoms. The highest BCUT2D eigenvalue weighted by Gasteiger charge is 2.28. The van der Waals surface area contributed by atoms with E-state index in [1.54, 1.807) is 12.0 Å². The lowest BCUT2D eigenvalue weighted by Crippen LogP contribution is -2.45. The molecule has 1 aliphatic rings. The summed E-state index contributed by atoms with van der Waals surface area (Å²) >= 11 is 0. The molecule has 7 nitrogen and oxygen atoms in total. The lowest BCUT2D eigenvalue weighted by molar-refractivity contribution is 0.0680. The molecule has 0 aliphatic carbocycles. The average Bonchev–Trinajstić information content (AvgIpc) is 3.26. The van der Waals surface area contributed by atoms with E-state index in [2.05, 4.69) is 22.0 Å². The first-order valence-electron chi connectivity index (χ1n) is 11.1. The number of methoxy groups -OCH3 is 1. The zero-order valence-corrected chi connectivity index (χ0v) is 19.0. The zero-order valence-electron chi connectivity index (χ0n) is 19.0. The van der Waals surface area contributed by atoms with Crippen molar-refractivity contribution < 1.29 is 18.4 Å². The summed E-state index contributed by atoms with van der Waals surface area (Å²) in [5.74, 6) is 0.116. The number of likely N-dealkylation sites (N-methyl/N-ethyl adjacent to an activating group) is 1. The van der Waals surface area contributed by atoms with Crippen molar-refractivity contribution in [2.24, 2.45) is 0 Å². The molecule has 2 heterocycles. The van der Waals surface area contributed by atoms with Crippen molar-refractivity contribution in [2.75, 3.05) is 58.4 Å². The van der Waals surface area contributed by atoms with E-state index in [1.807, 2.05) is 30.3 Å². The maximum atomic E-state index is 13.4. The molecule has 0 spiro atoms. The van der Waals surface area contributed by atoms with Crippen molar-refractivity contribution in [1.29, 1.82) is 0 Å². The van der Waals surface area contributed by atoms with Crippen LogP contribution in [0.3, 0.4) is 0 Å². The molecular formula is C25H29FN4O3. The van der Waals surface area contributed by atoms with Crippen LogP contribution in [-0.2, 0) is 11.3 Å². The monoisotopic (exact) mass is 452 g/mol. The number of aromatic nitrogens is 1. The number of hydrogen-bond donors (Lipinski definition) is 0. The third-order valence-electron chi connectivity index (χ3n) is 5.90. The maximum Gasteiger partial charge on any atom is 0.254 e. The molecule has 33 heavy (non-hydrogen) atoms. The van der Waals surface area contributed by atoms with Crippen LogP contribution in [0, 0.1) is 5.82 Å². The number of piperazine rings is 1.